The topological polar surface area (TPSA) is 76.1 Å². The third kappa shape index (κ3) is 4.92. The molecule has 0 bridgehead atoms. The number of anilines is 2. The molecule has 2 N–H and O–H groups in total. The van der Waals surface area contributed by atoms with Crippen molar-refractivity contribution >= 4 is 51.8 Å². The Labute approximate surface area is 189 Å². The van der Waals surface area contributed by atoms with Crippen LogP contribution in [0.3, 0.4) is 0 Å². The van der Waals surface area contributed by atoms with Gasteiger partial charge in [0.15, 0.2) is 0 Å². The summed E-state index contributed by atoms with van der Waals surface area (Å²) in [5.74, 6) is 1.17. The van der Waals surface area contributed by atoms with Gasteiger partial charge < -0.3 is 15.4 Å². The number of aromatic nitrogens is 2. The van der Waals surface area contributed by atoms with Crippen molar-refractivity contribution in [1.82, 2.24) is 8.75 Å². The van der Waals surface area contributed by atoms with E-state index in [0.29, 0.717) is 17.2 Å². The first kappa shape index (κ1) is 21.8. The van der Waals surface area contributed by atoms with Crippen molar-refractivity contribution in [3.8, 4) is 11.5 Å². The fraction of sp³-hybridized carbons (Fsp3) is 0.0952. The van der Waals surface area contributed by atoms with E-state index >= 15 is 0 Å². The highest BCUT2D eigenvalue weighted by atomic mass is 35.5. The van der Waals surface area contributed by atoms with Crippen molar-refractivity contribution in [1.29, 1.82) is 0 Å². The third-order valence-corrected chi connectivity index (χ3v) is 5.30. The van der Waals surface area contributed by atoms with E-state index in [1.54, 1.807) is 37.3 Å². The number of benzene rings is 3. The van der Waals surface area contributed by atoms with Crippen LogP contribution in [0.15, 0.2) is 54.6 Å². The normalized spacial score (nSPS) is 11.4. The van der Waals surface area contributed by atoms with Crippen LogP contribution in [0.2, 0.25) is 5.02 Å². The van der Waals surface area contributed by atoms with Crippen LogP contribution in [-0.4, -0.2) is 14.8 Å². The van der Waals surface area contributed by atoms with Gasteiger partial charge in [-0.3, -0.25) is 0 Å². The fourth-order valence-electron chi connectivity index (χ4n) is 2.91. The molecule has 0 aliphatic heterocycles. The maximum Gasteiger partial charge on any atom is 0.417 e. The minimum Gasteiger partial charge on any atom is -0.457 e. The molecule has 4 aromatic rings. The van der Waals surface area contributed by atoms with Gasteiger partial charge in [-0.25, -0.2) is 4.79 Å². The van der Waals surface area contributed by atoms with E-state index in [2.05, 4.69) is 19.4 Å². The summed E-state index contributed by atoms with van der Waals surface area (Å²) in [6.07, 6.45) is -4.63. The lowest BCUT2D eigenvalue weighted by atomic mass is 10.2. The molecule has 3 aromatic carbocycles. The Kier molecular flexibility index (Phi) is 5.90. The number of urea groups is 1. The molecule has 32 heavy (non-hydrogen) atoms. The smallest absolute Gasteiger partial charge is 0.417 e. The van der Waals surface area contributed by atoms with Gasteiger partial charge in [0, 0.05) is 17.4 Å². The zero-order valence-corrected chi connectivity index (χ0v) is 17.9. The van der Waals surface area contributed by atoms with Crippen molar-refractivity contribution in [2.45, 2.75) is 13.1 Å². The van der Waals surface area contributed by atoms with Crippen molar-refractivity contribution in [3.05, 3.63) is 70.7 Å². The highest BCUT2D eigenvalue weighted by Gasteiger charge is 2.33. The van der Waals surface area contributed by atoms with E-state index < -0.39 is 22.8 Å². The highest BCUT2D eigenvalue weighted by molar-refractivity contribution is 7.00. The van der Waals surface area contributed by atoms with Crippen molar-refractivity contribution < 1.29 is 22.7 Å². The van der Waals surface area contributed by atoms with Crippen LogP contribution in [0.5, 0.6) is 11.5 Å². The first-order chi connectivity index (χ1) is 15.2. The average molecular weight is 479 g/mol. The predicted molar refractivity (Wildman–Crippen MR) is 118 cm³/mol. The van der Waals surface area contributed by atoms with Crippen LogP contribution >= 0.6 is 23.3 Å². The second-order valence-electron chi connectivity index (χ2n) is 6.77. The van der Waals surface area contributed by atoms with Crippen molar-refractivity contribution in [2.24, 2.45) is 0 Å². The number of alkyl halides is 3. The van der Waals surface area contributed by atoms with Gasteiger partial charge in [0.25, 0.3) is 0 Å². The van der Waals surface area contributed by atoms with E-state index in [1.807, 2.05) is 6.07 Å². The summed E-state index contributed by atoms with van der Waals surface area (Å²) in [5.41, 5.74) is 1.63. The van der Waals surface area contributed by atoms with E-state index in [-0.39, 0.29) is 5.69 Å². The monoisotopic (exact) mass is 478 g/mol. The Hall–Kier alpha value is -3.37. The number of ether oxygens (including phenoxy) is 1. The summed E-state index contributed by atoms with van der Waals surface area (Å²) in [5, 5.41) is 4.50. The molecule has 11 heteroatoms. The second-order valence-corrected chi connectivity index (χ2v) is 7.70. The molecule has 0 fully saturated rings. The first-order valence-electron chi connectivity index (χ1n) is 9.14. The minimum atomic E-state index is -4.63. The number of aryl methyl sites for hydroxylation is 1. The molecule has 6 nitrogen and oxygen atoms in total. The number of nitrogens with one attached hydrogen (secondary N) is 2. The van der Waals surface area contributed by atoms with E-state index in [1.165, 1.54) is 6.07 Å². The molecule has 0 aliphatic carbocycles. The lowest BCUT2D eigenvalue weighted by molar-refractivity contribution is -0.137. The molecule has 2 amide bonds. The van der Waals surface area contributed by atoms with Gasteiger partial charge in [-0.15, -0.1) is 0 Å². The summed E-state index contributed by atoms with van der Waals surface area (Å²) in [7, 11) is 0. The molecule has 0 saturated carbocycles. The van der Waals surface area contributed by atoms with Crippen LogP contribution in [0.25, 0.3) is 11.0 Å². The Morgan fingerprint density at radius 2 is 1.66 bits per heavy atom. The number of hydrogen-bond acceptors (Lipinski definition) is 5. The van der Waals surface area contributed by atoms with Crippen LogP contribution in [0.4, 0.5) is 29.3 Å². The number of amides is 2. The summed E-state index contributed by atoms with van der Waals surface area (Å²) >= 11 is 6.71. The third-order valence-electron chi connectivity index (χ3n) is 4.42. The number of halogens is 4. The summed E-state index contributed by atoms with van der Waals surface area (Å²) < 4.78 is 53.1. The molecular formula is C21H14ClF3N4O2S. The van der Waals surface area contributed by atoms with Gasteiger partial charge in [0.1, 0.15) is 22.5 Å². The van der Waals surface area contributed by atoms with Crippen LogP contribution in [0, 0.1) is 6.92 Å². The van der Waals surface area contributed by atoms with E-state index in [0.717, 1.165) is 40.5 Å². The van der Waals surface area contributed by atoms with Crippen molar-refractivity contribution in [2.75, 3.05) is 10.6 Å². The lowest BCUT2D eigenvalue weighted by Crippen LogP contribution is -2.20. The highest BCUT2D eigenvalue weighted by Crippen LogP contribution is 2.36. The maximum atomic E-state index is 13.0. The SMILES string of the molecule is Cc1cc(NC(=O)Nc2ccc(Cl)c(C(F)(F)F)c2)ccc1Oc1ccc2nsnc2c1. The predicted octanol–water partition coefficient (Wildman–Crippen LogP) is 7.11. The molecule has 0 saturated heterocycles. The van der Waals surface area contributed by atoms with Crippen molar-refractivity contribution in [3.63, 3.8) is 0 Å². The Morgan fingerprint density at radius 1 is 0.969 bits per heavy atom. The minimum absolute atomic E-state index is 0.0391. The van der Waals surface area contributed by atoms with Gasteiger partial charge in [0.2, 0.25) is 0 Å². The summed E-state index contributed by atoms with van der Waals surface area (Å²) in [6, 6.07) is 12.8. The molecule has 1 heterocycles. The maximum absolute atomic E-state index is 13.0. The number of rotatable bonds is 4. The summed E-state index contributed by atoms with van der Waals surface area (Å²) in [6.45, 7) is 1.80. The van der Waals surface area contributed by atoms with Crippen LogP contribution in [0.1, 0.15) is 11.1 Å². The average Bonchev–Trinajstić information content (AvgIpc) is 3.18. The van der Waals surface area contributed by atoms with Gasteiger partial charge in [-0.2, -0.15) is 21.9 Å². The number of carbonyl (C=O) groups is 1. The molecule has 0 spiro atoms. The van der Waals surface area contributed by atoms with E-state index in [9.17, 15) is 18.0 Å². The standard InChI is InChI=1S/C21H14ClF3N4O2S/c1-11-8-12(3-7-19(11)31-14-4-6-17-18(10-14)29-32-28-17)26-20(30)27-13-2-5-16(22)15(9-13)21(23,24)25/h2-10H,1H3,(H2,26,27,30). The largest absolute Gasteiger partial charge is 0.457 e. The van der Waals surface area contributed by atoms with Crippen LogP contribution in [-0.2, 0) is 6.18 Å². The van der Waals surface area contributed by atoms with Crippen LogP contribution < -0.4 is 15.4 Å². The number of hydrogen-bond donors (Lipinski definition) is 2. The number of nitrogens with zero attached hydrogens (tertiary/aromatic N) is 2. The second kappa shape index (κ2) is 8.64. The molecular weight excluding hydrogens is 465 g/mol. The zero-order valence-electron chi connectivity index (χ0n) is 16.3. The Morgan fingerprint density at radius 3 is 2.38 bits per heavy atom. The fourth-order valence-corrected chi connectivity index (χ4v) is 3.65. The molecule has 0 atom stereocenters. The van der Waals surface area contributed by atoms with Gasteiger partial charge in [-0.1, -0.05) is 11.6 Å². The number of carbonyl (C=O) groups excluding carboxylic acids is 1. The molecule has 4 rings (SSSR count). The molecule has 0 unspecified atom stereocenters. The lowest BCUT2D eigenvalue weighted by Gasteiger charge is -2.13. The number of fused-ring (bicyclic) bond motifs is 1. The van der Waals surface area contributed by atoms with E-state index in [4.69, 9.17) is 16.3 Å². The van der Waals surface area contributed by atoms with Gasteiger partial charge in [-0.05, 0) is 61.0 Å². The Balaban J connectivity index is 1.43. The molecule has 164 valence electrons. The zero-order chi connectivity index (χ0) is 22.9. The van der Waals surface area contributed by atoms with Gasteiger partial charge in [0.05, 0.1) is 22.3 Å². The molecule has 0 aliphatic rings. The Bertz CT molecular complexity index is 1310. The quantitative estimate of drug-likeness (QED) is 0.328. The van der Waals surface area contributed by atoms with Gasteiger partial charge >= 0.3 is 12.2 Å². The first-order valence-corrected chi connectivity index (χ1v) is 10.3. The summed E-state index contributed by atoms with van der Waals surface area (Å²) in [4.78, 5) is 12.2. The molecule has 0 radical (unpaired) electrons. The molecule has 1 aromatic heterocycles.